The molecule has 0 spiro atoms. The standard InChI is InChI=1S/C23H17Cl2N3O2S/c1-12-3-6-18(13(2)9-12)28-21(27-22(29)16(11-26)23(28)31)20-8-7-19(30-20)15-10-14(24)4-5-17(15)25/h3-10,21,31H,1-2H3,(H,27,29). The fourth-order valence-electron chi connectivity index (χ4n) is 3.56. The fraction of sp³-hybridized carbons (Fsp3) is 0.130. The van der Waals surface area contributed by atoms with Crippen LogP contribution >= 0.6 is 35.8 Å². The highest BCUT2D eigenvalue weighted by molar-refractivity contribution is 7.84. The van der Waals surface area contributed by atoms with Crippen molar-refractivity contribution in [2.45, 2.75) is 20.0 Å². The highest BCUT2D eigenvalue weighted by atomic mass is 35.5. The Labute approximate surface area is 195 Å². The van der Waals surface area contributed by atoms with E-state index in [4.69, 9.17) is 27.6 Å². The Morgan fingerprint density at radius 1 is 1.13 bits per heavy atom. The highest BCUT2D eigenvalue weighted by Crippen LogP contribution is 2.40. The van der Waals surface area contributed by atoms with Gasteiger partial charge in [0.2, 0.25) is 0 Å². The second-order valence-corrected chi connectivity index (χ2v) is 8.44. The van der Waals surface area contributed by atoms with Gasteiger partial charge in [-0.1, -0.05) is 40.9 Å². The largest absolute Gasteiger partial charge is 0.457 e. The normalized spacial score (nSPS) is 16.3. The van der Waals surface area contributed by atoms with Crippen LogP contribution in [-0.4, -0.2) is 5.91 Å². The van der Waals surface area contributed by atoms with Gasteiger partial charge in [0.25, 0.3) is 5.91 Å². The number of furan rings is 1. The lowest BCUT2D eigenvalue weighted by Gasteiger charge is -2.37. The predicted molar refractivity (Wildman–Crippen MR) is 125 cm³/mol. The number of benzene rings is 2. The van der Waals surface area contributed by atoms with E-state index in [1.54, 1.807) is 35.2 Å². The number of nitrogens with one attached hydrogen (secondary N) is 1. The van der Waals surface area contributed by atoms with Gasteiger partial charge in [0.1, 0.15) is 23.2 Å². The predicted octanol–water partition coefficient (Wildman–Crippen LogP) is 6.17. The molecule has 0 radical (unpaired) electrons. The summed E-state index contributed by atoms with van der Waals surface area (Å²) in [6.07, 6.45) is -0.704. The number of rotatable bonds is 3. The Balaban J connectivity index is 1.84. The van der Waals surface area contributed by atoms with E-state index in [2.05, 4.69) is 17.9 Å². The van der Waals surface area contributed by atoms with E-state index in [1.165, 1.54) is 0 Å². The van der Waals surface area contributed by atoms with E-state index in [0.29, 0.717) is 27.1 Å². The van der Waals surface area contributed by atoms with Crippen molar-refractivity contribution < 1.29 is 9.21 Å². The van der Waals surface area contributed by atoms with Crippen molar-refractivity contribution in [3.05, 3.63) is 86.1 Å². The van der Waals surface area contributed by atoms with Crippen molar-refractivity contribution in [2.24, 2.45) is 0 Å². The molecule has 1 N–H and O–H groups in total. The molecule has 1 atom stereocenters. The number of halogens is 2. The first kappa shape index (κ1) is 21.4. The van der Waals surface area contributed by atoms with Crippen molar-refractivity contribution in [2.75, 3.05) is 4.90 Å². The number of nitrogens with zero attached hydrogens (tertiary/aromatic N) is 2. The lowest BCUT2D eigenvalue weighted by Crippen LogP contribution is -2.46. The molecule has 31 heavy (non-hydrogen) atoms. The molecule has 2 heterocycles. The third kappa shape index (κ3) is 3.92. The summed E-state index contributed by atoms with van der Waals surface area (Å²) in [7, 11) is 0. The van der Waals surface area contributed by atoms with Crippen LogP contribution in [0.4, 0.5) is 5.69 Å². The summed E-state index contributed by atoms with van der Waals surface area (Å²) >= 11 is 17.0. The Hall–Kier alpha value is -2.85. The van der Waals surface area contributed by atoms with E-state index < -0.39 is 12.1 Å². The average Bonchev–Trinajstić information content (AvgIpc) is 3.20. The van der Waals surface area contributed by atoms with Crippen molar-refractivity contribution in [3.8, 4) is 17.4 Å². The first-order chi connectivity index (χ1) is 14.8. The summed E-state index contributed by atoms with van der Waals surface area (Å²) in [5.74, 6) is 0.452. The minimum atomic E-state index is -0.704. The number of carbonyl (C=O) groups is 1. The smallest absolute Gasteiger partial charge is 0.266 e. The van der Waals surface area contributed by atoms with Crippen LogP contribution in [0.25, 0.3) is 11.3 Å². The summed E-state index contributed by atoms with van der Waals surface area (Å²) in [4.78, 5) is 14.3. The van der Waals surface area contributed by atoms with Crippen LogP contribution in [0.2, 0.25) is 10.0 Å². The van der Waals surface area contributed by atoms with Gasteiger partial charge in [-0.3, -0.25) is 4.79 Å². The molecule has 1 aliphatic heterocycles. The summed E-state index contributed by atoms with van der Waals surface area (Å²) < 4.78 is 6.09. The highest BCUT2D eigenvalue weighted by Gasteiger charge is 2.36. The molecule has 5 nitrogen and oxygen atoms in total. The number of carbonyl (C=O) groups excluding carboxylic acids is 1. The van der Waals surface area contributed by atoms with Gasteiger partial charge in [0, 0.05) is 16.3 Å². The molecule has 1 aliphatic rings. The van der Waals surface area contributed by atoms with Crippen molar-refractivity contribution in [1.29, 1.82) is 5.26 Å². The zero-order valence-electron chi connectivity index (χ0n) is 16.6. The van der Waals surface area contributed by atoms with Crippen LogP contribution < -0.4 is 10.2 Å². The third-order valence-corrected chi connectivity index (χ3v) is 6.02. The van der Waals surface area contributed by atoms with E-state index in [9.17, 15) is 10.1 Å². The molecule has 0 bridgehead atoms. The third-order valence-electron chi connectivity index (χ3n) is 5.02. The van der Waals surface area contributed by atoms with Crippen LogP contribution in [0.1, 0.15) is 23.1 Å². The molecule has 1 amide bonds. The van der Waals surface area contributed by atoms with E-state index in [0.717, 1.165) is 16.8 Å². The van der Waals surface area contributed by atoms with Crippen molar-refractivity contribution in [3.63, 3.8) is 0 Å². The van der Waals surface area contributed by atoms with Crippen molar-refractivity contribution >= 4 is 47.4 Å². The van der Waals surface area contributed by atoms with E-state index in [-0.39, 0.29) is 10.6 Å². The minimum Gasteiger partial charge on any atom is -0.457 e. The van der Waals surface area contributed by atoms with Gasteiger partial charge in [0.05, 0.1) is 10.1 Å². The van der Waals surface area contributed by atoms with Crippen LogP contribution in [0.3, 0.4) is 0 Å². The van der Waals surface area contributed by atoms with Gasteiger partial charge in [-0.05, 0) is 55.8 Å². The molecule has 1 unspecified atom stereocenters. The molecule has 0 aliphatic carbocycles. The van der Waals surface area contributed by atoms with Crippen LogP contribution in [0, 0.1) is 25.2 Å². The van der Waals surface area contributed by atoms with Crippen molar-refractivity contribution in [1.82, 2.24) is 5.32 Å². The average molecular weight is 470 g/mol. The monoisotopic (exact) mass is 469 g/mol. The molecule has 0 saturated carbocycles. The van der Waals surface area contributed by atoms with Gasteiger partial charge >= 0.3 is 0 Å². The number of thiol groups is 1. The maximum Gasteiger partial charge on any atom is 0.266 e. The zero-order valence-corrected chi connectivity index (χ0v) is 19.0. The molecule has 4 rings (SSSR count). The maximum absolute atomic E-state index is 12.6. The second-order valence-electron chi connectivity index (χ2n) is 7.17. The summed E-state index contributed by atoms with van der Waals surface area (Å²) in [6.45, 7) is 3.96. The molecule has 1 aromatic heterocycles. The lowest BCUT2D eigenvalue weighted by molar-refractivity contribution is -0.118. The second kappa shape index (κ2) is 8.35. The molecule has 2 aromatic carbocycles. The lowest BCUT2D eigenvalue weighted by atomic mass is 10.1. The van der Waals surface area contributed by atoms with E-state index >= 15 is 0 Å². The molecule has 0 saturated heterocycles. The number of anilines is 1. The number of aryl methyl sites for hydroxylation is 2. The Bertz CT molecular complexity index is 1280. The fourth-order valence-corrected chi connectivity index (χ4v) is 4.32. The van der Waals surface area contributed by atoms with Crippen LogP contribution in [0.5, 0.6) is 0 Å². The first-order valence-corrected chi connectivity index (χ1v) is 10.6. The summed E-state index contributed by atoms with van der Waals surface area (Å²) in [6, 6.07) is 16.5. The summed E-state index contributed by atoms with van der Waals surface area (Å²) in [5.41, 5.74) is 3.44. The Morgan fingerprint density at radius 3 is 2.61 bits per heavy atom. The molecule has 8 heteroatoms. The number of hydrogen-bond acceptors (Lipinski definition) is 5. The molecule has 0 fully saturated rings. The van der Waals surface area contributed by atoms with Gasteiger partial charge in [0.15, 0.2) is 6.17 Å². The molecular weight excluding hydrogens is 453 g/mol. The number of nitriles is 1. The number of amides is 1. The molecule has 156 valence electrons. The van der Waals surface area contributed by atoms with Gasteiger partial charge in [-0.25, -0.2) is 0 Å². The Kier molecular flexibility index (Phi) is 5.76. The summed E-state index contributed by atoms with van der Waals surface area (Å²) in [5, 5.41) is 13.6. The number of hydrogen-bond donors (Lipinski definition) is 2. The SMILES string of the molecule is Cc1ccc(N2C(S)=C(C#N)C(=O)NC2c2ccc(-c3cc(Cl)ccc3Cl)o2)c(C)c1. The van der Waals surface area contributed by atoms with Crippen LogP contribution in [-0.2, 0) is 4.79 Å². The van der Waals surface area contributed by atoms with Crippen LogP contribution in [0.15, 0.2) is 63.6 Å². The van der Waals surface area contributed by atoms with Gasteiger partial charge in [-0.2, -0.15) is 5.26 Å². The molecule has 3 aromatic rings. The molecular formula is C23H17Cl2N3O2S. The first-order valence-electron chi connectivity index (χ1n) is 9.36. The topological polar surface area (TPSA) is 69.3 Å². The Morgan fingerprint density at radius 2 is 1.90 bits per heavy atom. The van der Waals surface area contributed by atoms with E-state index in [1.807, 2.05) is 38.1 Å². The zero-order chi connectivity index (χ0) is 22.3. The maximum atomic E-state index is 12.6. The van der Waals surface area contributed by atoms with Gasteiger partial charge < -0.3 is 14.6 Å². The minimum absolute atomic E-state index is 0.0655. The van der Waals surface area contributed by atoms with Gasteiger partial charge in [-0.15, -0.1) is 12.6 Å². The quantitative estimate of drug-likeness (QED) is 0.449.